The summed E-state index contributed by atoms with van der Waals surface area (Å²) < 4.78 is 13.3. The van der Waals surface area contributed by atoms with Gasteiger partial charge in [0.2, 0.25) is 0 Å². The number of quaternary nitrogens is 1. The van der Waals surface area contributed by atoms with Crippen molar-refractivity contribution in [2.24, 2.45) is 0 Å². The molecule has 5 nitrogen and oxygen atoms in total. The first kappa shape index (κ1) is 20.0. The first-order valence-electron chi connectivity index (χ1n) is 9.68. The molecule has 3 N–H and O–H groups in total. The largest absolute Gasteiger partial charge is 0.349 e. The second-order valence-electron chi connectivity index (χ2n) is 7.55. The maximum Gasteiger partial charge on any atom is 0.279 e. The number of benzene rings is 2. The van der Waals surface area contributed by atoms with Gasteiger partial charge in [-0.2, -0.15) is 0 Å². The van der Waals surface area contributed by atoms with Gasteiger partial charge in [-0.15, -0.1) is 0 Å². The van der Waals surface area contributed by atoms with Crippen LogP contribution < -0.4 is 15.5 Å². The van der Waals surface area contributed by atoms with E-state index in [9.17, 15) is 14.0 Å². The number of piperidine rings is 1. The van der Waals surface area contributed by atoms with E-state index in [1.54, 1.807) is 6.07 Å². The normalized spacial score (nSPS) is 19.1. The van der Waals surface area contributed by atoms with Crippen molar-refractivity contribution in [3.05, 3.63) is 65.0 Å². The van der Waals surface area contributed by atoms with E-state index in [2.05, 4.69) is 10.6 Å². The molecule has 0 unspecified atom stereocenters. The number of halogens is 1. The minimum Gasteiger partial charge on any atom is -0.349 e. The van der Waals surface area contributed by atoms with Crippen molar-refractivity contribution in [2.75, 3.05) is 25.0 Å². The fraction of sp³-hybridized carbons (Fsp3) is 0.364. The van der Waals surface area contributed by atoms with Gasteiger partial charge < -0.3 is 15.5 Å². The van der Waals surface area contributed by atoms with Gasteiger partial charge in [0.15, 0.2) is 6.54 Å². The number of likely N-dealkylation sites (tertiary alicyclic amines) is 1. The summed E-state index contributed by atoms with van der Waals surface area (Å²) in [7, 11) is 0. The number of carbonyl (C=O) groups is 2. The Hall–Kier alpha value is -2.73. The lowest BCUT2D eigenvalue weighted by Gasteiger charge is -2.29. The Morgan fingerprint density at radius 2 is 1.86 bits per heavy atom. The number of hydrogen-bond donors (Lipinski definition) is 3. The number of hydrogen-bond acceptors (Lipinski definition) is 2. The quantitative estimate of drug-likeness (QED) is 0.737. The van der Waals surface area contributed by atoms with Crippen molar-refractivity contribution < 1.29 is 18.9 Å². The molecule has 1 aliphatic rings. The maximum absolute atomic E-state index is 13.3. The Kier molecular flexibility index (Phi) is 6.41. The van der Waals surface area contributed by atoms with Crippen molar-refractivity contribution in [1.29, 1.82) is 0 Å². The predicted molar refractivity (Wildman–Crippen MR) is 107 cm³/mol. The van der Waals surface area contributed by atoms with E-state index in [-0.39, 0.29) is 17.9 Å². The molecule has 0 radical (unpaired) electrons. The predicted octanol–water partition coefficient (Wildman–Crippen LogP) is 1.86. The van der Waals surface area contributed by atoms with Crippen molar-refractivity contribution in [3.63, 3.8) is 0 Å². The van der Waals surface area contributed by atoms with Crippen molar-refractivity contribution in [3.8, 4) is 0 Å². The molecule has 0 saturated carbocycles. The fourth-order valence-corrected chi connectivity index (χ4v) is 3.54. The lowest BCUT2D eigenvalue weighted by molar-refractivity contribution is -0.897. The lowest BCUT2D eigenvalue weighted by atomic mass is 10.0. The molecule has 148 valence electrons. The molecule has 1 heterocycles. The highest BCUT2D eigenvalue weighted by atomic mass is 19.1. The summed E-state index contributed by atoms with van der Waals surface area (Å²) in [5.41, 5.74) is 3.36. The maximum atomic E-state index is 13.3. The third-order valence-electron chi connectivity index (χ3n) is 5.19. The second kappa shape index (κ2) is 8.97. The van der Waals surface area contributed by atoms with Gasteiger partial charge in [0.05, 0.1) is 13.1 Å². The Morgan fingerprint density at radius 3 is 2.57 bits per heavy atom. The summed E-state index contributed by atoms with van der Waals surface area (Å²) in [5, 5.41) is 5.97. The molecule has 0 bridgehead atoms. The zero-order valence-electron chi connectivity index (χ0n) is 16.3. The molecule has 2 amide bonds. The van der Waals surface area contributed by atoms with Crippen LogP contribution in [0.15, 0.2) is 42.5 Å². The minimum absolute atomic E-state index is 0.00551. The average molecular weight is 384 g/mol. The Labute approximate surface area is 164 Å². The van der Waals surface area contributed by atoms with Crippen LogP contribution in [-0.2, 0) is 4.79 Å². The molecule has 28 heavy (non-hydrogen) atoms. The topological polar surface area (TPSA) is 62.6 Å². The Morgan fingerprint density at radius 1 is 1.11 bits per heavy atom. The molecule has 1 fully saturated rings. The van der Waals surface area contributed by atoms with Crippen molar-refractivity contribution >= 4 is 17.5 Å². The van der Waals surface area contributed by atoms with Gasteiger partial charge >= 0.3 is 0 Å². The average Bonchev–Trinajstić information content (AvgIpc) is 2.66. The zero-order valence-corrected chi connectivity index (χ0v) is 16.3. The smallest absolute Gasteiger partial charge is 0.279 e. The van der Waals surface area contributed by atoms with E-state index < -0.39 is 5.82 Å². The fourth-order valence-electron chi connectivity index (χ4n) is 3.54. The Balaban J connectivity index is 1.45. The Bertz CT molecular complexity index is 861. The van der Waals surface area contributed by atoms with Gasteiger partial charge in [-0.05, 0) is 49.2 Å². The van der Waals surface area contributed by atoms with Crippen LogP contribution in [0.25, 0.3) is 0 Å². The summed E-state index contributed by atoms with van der Waals surface area (Å²) in [6.07, 6.45) is 1.60. The second-order valence-corrected chi connectivity index (χ2v) is 7.55. The van der Waals surface area contributed by atoms with Gasteiger partial charge in [-0.1, -0.05) is 18.2 Å². The standard InChI is InChI=1S/C22H26FN3O2/c1-15-6-7-16(2)20(12-15)25-21(27)14-26-10-8-19(9-11-26)24-22(28)17-4-3-5-18(23)13-17/h3-7,12-13,19H,8-11,14H2,1-2H3,(H,24,28)(H,25,27)/p+1. The van der Waals surface area contributed by atoms with Gasteiger partial charge in [0.1, 0.15) is 5.82 Å². The molecule has 0 spiro atoms. The molecule has 2 aromatic carbocycles. The number of carbonyl (C=O) groups excluding carboxylic acids is 2. The van der Waals surface area contributed by atoms with Crippen LogP contribution in [0, 0.1) is 19.7 Å². The van der Waals surface area contributed by atoms with Gasteiger partial charge in [-0.3, -0.25) is 9.59 Å². The third kappa shape index (κ3) is 5.39. The van der Waals surface area contributed by atoms with Crippen molar-refractivity contribution in [2.45, 2.75) is 32.7 Å². The van der Waals surface area contributed by atoms with E-state index in [0.29, 0.717) is 12.1 Å². The molecule has 1 aliphatic heterocycles. The summed E-state index contributed by atoms with van der Waals surface area (Å²) in [6.45, 7) is 6.03. The first-order valence-corrected chi connectivity index (χ1v) is 9.68. The van der Waals surface area contributed by atoms with Crippen LogP contribution in [0.2, 0.25) is 0 Å². The SMILES string of the molecule is Cc1ccc(C)c(NC(=O)C[NH+]2CCC(NC(=O)c3cccc(F)c3)CC2)c1. The van der Waals surface area contributed by atoms with Crippen molar-refractivity contribution in [1.82, 2.24) is 5.32 Å². The number of rotatable bonds is 5. The molecule has 0 aromatic heterocycles. The molecule has 1 saturated heterocycles. The zero-order chi connectivity index (χ0) is 20.1. The van der Waals surface area contributed by atoms with E-state index in [1.807, 2.05) is 32.0 Å². The monoisotopic (exact) mass is 384 g/mol. The molecular weight excluding hydrogens is 357 g/mol. The van der Waals surface area contributed by atoms with Crippen LogP contribution >= 0.6 is 0 Å². The van der Waals surface area contributed by atoms with Crippen LogP contribution in [0.1, 0.15) is 34.3 Å². The first-order chi connectivity index (χ1) is 13.4. The van der Waals surface area contributed by atoms with Gasteiger partial charge in [0, 0.05) is 30.1 Å². The summed E-state index contributed by atoms with van der Waals surface area (Å²) in [5.74, 6) is -0.659. The molecular formula is C22H27FN3O2+. The molecule has 0 atom stereocenters. The van der Waals surface area contributed by atoms with Crippen LogP contribution in [-0.4, -0.2) is 37.5 Å². The number of nitrogens with one attached hydrogen (secondary N) is 3. The highest BCUT2D eigenvalue weighted by Crippen LogP contribution is 2.16. The summed E-state index contributed by atoms with van der Waals surface area (Å²) >= 11 is 0. The third-order valence-corrected chi connectivity index (χ3v) is 5.19. The summed E-state index contributed by atoms with van der Waals surface area (Å²) in [6, 6.07) is 11.8. The number of amides is 2. The highest BCUT2D eigenvalue weighted by Gasteiger charge is 2.25. The molecule has 2 aromatic rings. The van der Waals surface area contributed by atoms with Gasteiger partial charge in [-0.25, -0.2) is 4.39 Å². The minimum atomic E-state index is -0.415. The molecule has 3 rings (SSSR count). The number of anilines is 1. The van der Waals surface area contributed by atoms with E-state index in [4.69, 9.17) is 0 Å². The van der Waals surface area contributed by atoms with Crippen LogP contribution in [0.3, 0.4) is 0 Å². The number of aryl methyl sites for hydroxylation is 2. The summed E-state index contributed by atoms with van der Waals surface area (Å²) in [4.78, 5) is 25.8. The van der Waals surface area contributed by atoms with Gasteiger partial charge in [0.25, 0.3) is 11.8 Å². The van der Waals surface area contributed by atoms with Crippen LogP contribution in [0.4, 0.5) is 10.1 Å². The highest BCUT2D eigenvalue weighted by molar-refractivity contribution is 5.94. The molecule has 0 aliphatic carbocycles. The lowest BCUT2D eigenvalue weighted by Crippen LogP contribution is -3.14. The van der Waals surface area contributed by atoms with E-state index in [1.165, 1.54) is 23.1 Å². The van der Waals surface area contributed by atoms with E-state index in [0.717, 1.165) is 42.7 Å². The molecule has 6 heteroatoms. The van der Waals surface area contributed by atoms with E-state index >= 15 is 0 Å². The van der Waals surface area contributed by atoms with Crippen LogP contribution in [0.5, 0.6) is 0 Å².